The first kappa shape index (κ1) is 15.3. The molecule has 0 atom stereocenters. The number of rotatable bonds is 6. The van der Waals surface area contributed by atoms with Crippen molar-refractivity contribution in [3.8, 4) is 11.1 Å². The summed E-state index contributed by atoms with van der Waals surface area (Å²) in [6, 6.07) is 17.4. The van der Waals surface area contributed by atoms with Crippen LogP contribution in [-0.2, 0) is 15.9 Å². The Morgan fingerprint density at radius 3 is 2.00 bits per heavy atom. The van der Waals surface area contributed by atoms with Gasteiger partial charge in [-0.2, -0.15) is 0 Å². The van der Waals surface area contributed by atoms with Crippen LogP contribution in [0, 0.1) is 0 Å². The molecule has 0 bridgehead atoms. The third-order valence-electron chi connectivity index (χ3n) is 4.16. The van der Waals surface area contributed by atoms with E-state index in [0.29, 0.717) is 13.2 Å². The standard InChI is InChI=1S/C20H24O2/c1-2-3-4-5-16-6-8-17(9-7-16)18-10-12-19(13-11-18)20-21-14-15-22-20/h6-13,20H,2-5,14-15H2,1H3. The van der Waals surface area contributed by atoms with Gasteiger partial charge in [0.1, 0.15) is 0 Å². The first-order valence-electron chi connectivity index (χ1n) is 8.29. The lowest BCUT2D eigenvalue weighted by molar-refractivity contribution is -0.0441. The number of aryl methyl sites for hydroxylation is 1. The second-order valence-corrected chi connectivity index (χ2v) is 5.85. The molecule has 22 heavy (non-hydrogen) atoms. The van der Waals surface area contributed by atoms with Gasteiger partial charge >= 0.3 is 0 Å². The van der Waals surface area contributed by atoms with E-state index in [9.17, 15) is 0 Å². The van der Waals surface area contributed by atoms with Crippen LogP contribution in [0.15, 0.2) is 48.5 Å². The van der Waals surface area contributed by atoms with Gasteiger partial charge in [0.15, 0.2) is 6.29 Å². The van der Waals surface area contributed by atoms with Crippen LogP contribution in [0.5, 0.6) is 0 Å². The van der Waals surface area contributed by atoms with Gasteiger partial charge in [0.2, 0.25) is 0 Å². The van der Waals surface area contributed by atoms with E-state index in [1.165, 1.54) is 42.4 Å². The van der Waals surface area contributed by atoms with Crippen LogP contribution in [-0.4, -0.2) is 13.2 Å². The largest absolute Gasteiger partial charge is 0.346 e. The van der Waals surface area contributed by atoms with Gasteiger partial charge in [0.25, 0.3) is 0 Å². The van der Waals surface area contributed by atoms with Crippen molar-refractivity contribution in [2.45, 2.75) is 38.9 Å². The zero-order valence-electron chi connectivity index (χ0n) is 13.3. The first-order valence-corrected chi connectivity index (χ1v) is 8.29. The molecule has 0 radical (unpaired) electrons. The van der Waals surface area contributed by atoms with E-state index < -0.39 is 0 Å². The predicted octanol–water partition coefficient (Wildman–Crippen LogP) is 5.13. The molecule has 0 aromatic heterocycles. The van der Waals surface area contributed by atoms with Gasteiger partial charge in [-0.3, -0.25) is 0 Å². The van der Waals surface area contributed by atoms with Gasteiger partial charge in [0.05, 0.1) is 13.2 Å². The Morgan fingerprint density at radius 2 is 1.41 bits per heavy atom. The van der Waals surface area contributed by atoms with Crippen LogP contribution in [0.25, 0.3) is 11.1 Å². The van der Waals surface area contributed by atoms with E-state index >= 15 is 0 Å². The van der Waals surface area contributed by atoms with Crippen molar-refractivity contribution in [1.29, 1.82) is 0 Å². The maximum absolute atomic E-state index is 5.52. The summed E-state index contributed by atoms with van der Waals surface area (Å²) in [5.41, 5.74) is 5.03. The molecule has 1 aliphatic heterocycles. The topological polar surface area (TPSA) is 18.5 Å². The van der Waals surface area contributed by atoms with Gasteiger partial charge < -0.3 is 9.47 Å². The Hall–Kier alpha value is -1.64. The van der Waals surface area contributed by atoms with Crippen LogP contribution in [0.1, 0.15) is 43.6 Å². The lowest BCUT2D eigenvalue weighted by Gasteiger charge is -2.10. The fourth-order valence-electron chi connectivity index (χ4n) is 2.83. The van der Waals surface area contributed by atoms with Crippen molar-refractivity contribution in [2.24, 2.45) is 0 Å². The zero-order valence-corrected chi connectivity index (χ0v) is 13.3. The lowest BCUT2D eigenvalue weighted by atomic mass is 10.0. The first-order chi connectivity index (χ1) is 10.9. The Bertz CT molecular complexity index is 566. The second-order valence-electron chi connectivity index (χ2n) is 5.85. The Balaban J connectivity index is 1.65. The smallest absolute Gasteiger partial charge is 0.184 e. The predicted molar refractivity (Wildman–Crippen MR) is 89.8 cm³/mol. The summed E-state index contributed by atoms with van der Waals surface area (Å²) < 4.78 is 11.0. The third kappa shape index (κ3) is 3.76. The van der Waals surface area contributed by atoms with E-state index in [4.69, 9.17) is 9.47 Å². The number of ether oxygens (including phenoxy) is 2. The molecule has 116 valence electrons. The van der Waals surface area contributed by atoms with Gasteiger partial charge in [0, 0.05) is 5.56 Å². The van der Waals surface area contributed by atoms with Gasteiger partial charge in [-0.15, -0.1) is 0 Å². The Morgan fingerprint density at radius 1 is 0.818 bits per heavy atom. The molecule has 2 heteroatoms. The molecule has 2 aromatic carbocycles. The zero-order chi connectivity index (χ0) is 15.2. The lowest BCUT2D eigenvalue weighted by Crippen LogP contribution is -1.97. The molecule has 0 N–H and O–H groups in total. The molecule has 0 unspecified atom stereocenters. The summed E-state index contributed by atoms with van der Waals surface area (Å²) in [6.07, 6.45) is 4.87. The normalized spacial score (nSPS) is 15.3. The van der Waals surface area contributed by atoms with Crippen LogP contribution in [0.3, 0.4) is 0 Å². The van der Waals surface area contributed by atoms with Crippen molar-refractivity contribution >= 4 is 0 Å². The second kappa shape index (κ2) is 7.57. The average Bonchev–Trinajstić information content (AvgIpc) is 3.11. The fraction of sp³-hybridized carbons (Fsp3) is 0.400. The highest BCUT2D eigenvalue weighted by Crippen LogP contribution is 2.26. The summed E-state index contributed by atoms with van der Waals surface area (Å²) in [4.78, 5) is 0. The summed E-state index contributed by atoms with van der Waals surface area (Å²) >= 11 is 0. The van der Waals surface area contributed by atoms with Gasteiger partial charge in [-0.05, 0) is 29.5 Å². The van der Waals surface area contributed by atoms with Crippen LogP contribution in [0.4, 0.5) is 0 Å². The third-order valence-corrected chi connectivity index (χ3v) is 4.16. The van der Waals surface area contributed by atoms with Crippen molar-refractivity contribution in [2.75, 3.05) is 13.2 Å². The van der Waals surface area contributed by atoms with Crippen molar-refractivity contribution in [3.63, 3.8) is 0 Å². The van der Waals surface area contributed by atoms with E-state index in [-0.39, 0.29) is 6.29 Å². The number of benzene rings is 2. The highest BCUT2D eigenvalue weighted by atomic mass is 16.7. The SMILES string of the molecule is CCCCCc1ccc(-c2ccc(C3OCCO3)cc2)cc1. The minimum atomic E-state index is -0.185. The Labute approximate surface area is 133 Å². The van der Waals surface area contributed by atoms with E-state index in [1.54, 1.807) is 0 Å². The van der Waals surface area contributed by atoms with E-state index in [2.05, 4.69) is 55.5 Å². The van der Waals surface area contributed by atoms with E-state index in [0.717, 1.165) is 5.56 Å². The molecule has 2 nitrogen and oxygen atoms in total. The van der Waals surface area contributed by atoms with E-state index in [1.807, 2.05) is 0 Å². The highest BCUT2D eigenvalue weighted by molar-refractivity contribution is 5.64. The number of unbranched alkanes of at least 4 members (excludes halogenated alkanes) is 2. The van der Waals surface area contributed by atoms with Crippen molar-refractivity contribution in [3.05, 3.63) is 59.7 Å². The quantitative estimate of drug-likeness (QED) is 0.688. The molecule has 0 spiro atoms. The summed E-state index contributed by atoms with van der Waals surface area (Å²) in [7, 11) is 0. The minimum absolute atomic E-state index is 0.185. The maximum atomic E-state index is 5.52. The molecular weight excluding hydrogens is 272 g/mol. The van der Waals surface area contributed by atoms with Crippen LogP contribution in [0.2, 0.25) is 0 Å². The Kier molecular flexibility index (Phi) is 5.25. The molecule has 1 fully saturated rings. The van der Waals surface area contributed by atoms with Crippen LogP contribution >= 0.6 is 0 Å². The molecule has 2 aromatic rings. The molecule has 1 aliphatic rings. The van der Waals surface area contributed by atoms with Crippen molar-refractivity contribution in [1.82, 2.24) is 0 Å². The molecule has 0 aliphatic carbocycles. The van der Waals surface area contributed by atoms with Gasteiger partial charge in [-0.25, -0.2) is 0 Å². The average molecular weight is 296 g/mol. The monoisotopic (exact) mass is 296 g/mol. The summed E-state index contributed by atoms with van der Waals surface area (Å²) in [6.45, 7) is 3.62. The fourth-order valence-corrected chi connectivity index (χ4v) is 2.83. The summed E-state index contributed by atoms with van der Waals surface area (Å²) in [5, 5.41) is 0. The molecule has 0 saturated carbocycles. The molecule has 3 rings (SSSR count). The highest BCUT2D eigenvalue weighted by Gasteiger charge is 2.17. The van der Waals surface area contributed by atoms with Crippen LogP contribution < -0.4 is 0 Å². The number of hydrogen-bond acceptors (Lipinski definition) is 2. The summed E-state index contributed by atoms with van der Waals surface area (Å²) in [5.74, 6) is 0. The maximum Gasteiger partial charge on any atom is 0.184 e. The molecule has 0 amide bonds. The molecule has 1 saturated heterocycles. The van der Waals surface area contributed by atoms with Gasteiger partial charge in [-0.1, -0.05) is 68.3 Å². The minimum Gasteiger partial charge on any atom is -0.346 e. The van der Waals surface area contributed by atoms with Crippen molar-refractivity contribution < 1.29 is 9.47 Å². The molecular formula is C20H24O2. The molecule has 1 heterocycles. The number of hydrogen-bond donors (Lipinski definition) is 0.